The lowest BCUT2D eigenvalue weighted by Gasteiger charge is -2.26. The number of rotatable bonds is 7. The van der Waals surface area contributed by atoms with Crippen molar-refractivity contribution in [3.8, 4) is 44.5 Å². The molecule has 0 atom stereocenters. The Balaban J connectivity index is 1.14. The molecule has 1 nitrogen and oxygen atoms in total. The van der Waals surface area contributed by atoms with Crippen LogP contribution < -0.4 is 4.90 Å². The van der Waals surface area contributed by atoms with Crippen molar-refractivity contribution in [2.45, 2.75) is 0 Å². The summed E-state index contributed by atoms with van der Waals surface area (Å²) < 4.78 is 0. The lowest BCUT2D eigenvalue weighted by atomic mass is 9.93. The predicted molar refractivity (Wildman–Crippen MR) is 218 cm³/mol. The minimum Gasteiger partial charge on any atom is -0.310 e. The van der Waals surface area contributed by atoms with E-state index in [1.165, 1.54) is 66.1 Å². The Morgan fingerprint density at radius 2 is 0.686 bits per heavy atom. The SMILES string of the molecule is c1ccc(-c2cc(-c3ccccc3)cc(-c3ccc(N(c4ccccc4)c4cccc(-c5cc6ccccc6c6ccccc56)c4)cc3)c2)cc1. The first kappa shape index (κ1) is 30.4. The quantitative estimate of drug-likeness (QED) is 0.155. The Kier molecular flexibility index (Phi) is 7.92. The summed E-state index contributed by atoms with van der Waals surface area (Å²) in [6.45, 7) is 0. The van der Waals surface area contributed by atoms with E-state index in [2.05, 4.69) is 217 Å². The van der Waals surface area contributed by atoms with Crippen LogP contribution in [0.3, 0.4) is 0 Å². The van der Waals surface area contributed by atoms with Crippen LogP contribution in [0, 0.1) is 0 Å². The molecule has 0 N–H and O–H groups in total. The molecule has 9 aromatic carbocycles. The first-order valence-electron chi connectivity index (χ1n) is 17.5. The van der Waals surface area contributed by atoms with Gasteiger partial charge >= 0.3 is 0 Å². The van der Waals surface area contributed by atoms with Gasteiger partial charge in [0.2, 0.25) is 0 Å². The van der Waals surface area contributed by atoms with Gasteiger partial charge in [0.25, 0.3) is 0 Å². The highest BCUT2D eigenvalue weighted by molar-refractivity contribution is 6.13. The fraction of sp³-hybridized carbons (Fsp3) is 0. The third kappa shape index (κ3) is 5.96. The van der Waals surface area contributed by atoms with Crippen LogP contribution in [0.15, 0.2) is 212 Å². The Hall–Kier alpha value is -6.70. The highest BCUT2D eigenvalue weighted by Crippen LogP contribution is 2.41. The average molecular weight is 650 g/mol. The molecule has 0 radical (unpaired) electrons. The van der Waals surface area contributed by atoms with E-state index < -0.39 is 0 Å². The molecule has 0 fully saturated rings. The molecule has 0 bridgehead atoms. The van der Waals surface area contributed by atoms with Crippen molar-refractivity contribution >= 4 is 38.6 Å². The van der Waals surface area contributed by atoms with Gasteiger partial charge in [-0.3, -0.25) is 0 Å². The zero-order valence-corrected chi connectivity index (χ0v) is 28.2. The second-order valence-electron chi connectivity index (χ2n) is 13.0. The van der Waals surface area contributed by atoms with Gasteiger partial charge < -0.3 is 4.90 Å². The van der Waals surface area contributed by atoms with Crippen LogP contribution in [-0.2, 0) is 0 Å². The van der Waals surface area contributed by atoms with Crippen molar-refractivity contribution in [1.82, 2.24) is 0 Å². The van der Waals surface area contributed by atoms with Gasteiger partial charge in [0.05, 0.1) is 0 Å². The summed E-state index contributed by atoms with van der Waals surface area (Å²) >= 11 is 0. The van der Waals surface area contributed by atoms with Gasteiger partial charge in [-0.05, 0) is 127 Å². The molecule has 0 aliphatic heterocycles. The van der Waals surface area contributed by atoms with E-state index in [0.29, 0.717) is 0 Å². The van der Waals surface area contributed by atoms with Crippen molar-refractivity contribution in [2.24, 2.45) is 0 Å². The number of para-hydroxylation sites is 1. The van der Waals surface area contributed by atoms with Crippen LogP contribution in [0.1, 0.15) is 0 Å². The summed E-state index contributed by atoms with van der Waals surface area (Å²) in [7, 11) is 0. The maximum atomic E-state index is 2.35. The summed E-state index contributed by atoms with van der Waals surface area (Å²) in [5, 5.41) is 5.07. The van der Waals surface area contributed by atoms with Gasteiger partial charge in [-0.25, -0.2) is 0 Å². The predicted octanol–water partition coefficient (Wildman–Crippen LogP) is 14.1. The maximum Gasteiger partial charge on any atom is 0.0467 e. The highest BCUT2D eigenvalue weighted by atomic mass is 15.1. The van der Waals surface area contributed by atoms with Crippen LogP contribution in [0.25, 0.3) is 66.1 Å². The molecule has 0 heterocycles. The van der Waals surface area contributed by atoms with Crippen LogP contribution in [0.2, 0.25) is 0 Å². The highest BCUT2D eigenvalue weighted by Gasteiger charge is 2.16. The van der Waals surface area contributed by atoms with Crippen molar-refractivity contribution in [3.05, 3.63) is 212 Å². The van der Waals surface area contributed by atoms with E-state index in [0.717, 1.165) is 17.1 Å². The van der Waals surface area contributed by atoms with Crippen molar-refractivity contribution < 1.29 is 0 Å². The molecule has 9 aromatic rings. The number of anilines is 3. The number of hydrogen-bond donors (Lipinski definition) is 0. The average Bonchev–Trinajstić information content (AvgIpc) is 3.22. The molecular weight excluding hydrogens is 615 g/mol. The first-order chi connectivity index (χ1) is 25.3. The number of fused-ring (bicyclic) bond motifs is 3. The van der Waals surface area contributed by atoms with Crippen LogP contribution in [-0.4, -0.2) is 0 Å². The lowest BCUT2D eigenvalue weighted by Crippen LogP contribution is -2.09. The number of benzene rings is 9. The number of nitrogens with zero attached hydrogens (tertiary/aromatic N) is 1. The van der Waals surface area contributed by atoms with Gasteiger partial charge in [-0.2, -0.15) is 0 Å². The maximum absolute atomic E-state index is 2.35. The zero-order valence-electron chi connectivity index (χ0n) is 28.2. The Morgan fingerprint density at radius 1 is 0.235 bits per heavy atom. The molecular formula is C50H35N. The Bertz CT molecular complexity index is 2550. The van der Waals surface area contributed by atoms with Crippen LogP contribution in [0.5, 0.6) is 0 Å². The smallest absolute Gasteiger partial charge is 0.0467 e. The molecule has 0 saturated heterocycles. The molecule has 0 aromatic heterocycles. The molecule has 0 aliphatic carbocycles. The largest absolute Gasteiger partial charge is 0.310 e. The van der Waals surface area contributed by atoms with E-state index in [9.17, 15) is 0 Å². The fourth-order valence-corrected chi connectivity index (χ4v) is 7.32. The Labute approximate surface area is 299 Å². The molecule has 0 aliphatic rings. The zero-order chi connectivity index (χ0) is 34.0. The summed E-state index contributed by atoms with van der Waals surface area (Å²) in [5.74, 6) is 0. The van der Waals surface area contributed by atoms with E-state index >= 15 is 0 Å². The lowest BCUT2D eigenvalue weighted by molar-refractivity contribution is 1.28. The van der Waals surface area contributed by atoms with E-state index in [4.69, 9.17) is 0 Å². The topological polar surface area (TPSA) is 3.24 Å². The standard InChI is InChI=1S/C50H35N/c1-4-15-36(16-5-1)41-31-42(37-17-6-2-7-18-37)33-43(32-41)38-27-29-45(30-28-38)51(44-21-8-3-9-22-44)46-23-14-20-39(34-46)50-35-40-19-10-11-24-47(40)48-25-12-13-26-49(48)50/h1-35H. The molecule has 51 heavy (non-hydrogen) atoms. The molecule has 0 spiro atoms. The van der Waals surface area contributed by atoms with E-state index in [1.54, 1.807) is 0 Å². The second kappa shape index (κ2) is 13.3. The first-order valence-corrected chi connectivity index (χ1v) is 17.5. The van der Waals surface area contributed by atoms with Crippen molar-refractivity contribution in [3.63, 3.8) is 0 Å². The van der Waals surface area contributed by atoms with Crippen LogP contribution >= 0.6 is 0 Å². The molecule has 9 rings (SSSR count). The summed E-state index contributed by atoms with van der Waals surface area (Å²) in [4.78, 5) is 2.35. The van der Waals surface area contributed by atoms with Crippen molar-refractivity contribution in [2.75, 3.05) is 4.90 Å². The normalized spacial score (nSPS) is 11.1. The minimum absolute atomic E-state index is 1.10. The second-order valence-corrected chi connectivity index (χ2v) is 13.0. The number of hydrogen-bond acceptors (Lipinski definition) is 1. The molecule has 240 valence electrons. The van der Waals surface area contributed by atoms with Gasteiger partial charge in [0.1, 0.15) is 0 Å². The molecule has 0 amide bonds. The fourth-order valence-electron chi connectivity index (χ4n) is 7.32. The van der Waals surface area contributed by atoms with E-state index in [-0.39, 0.29) is 0 Å². The molecule has 1 heteroatoms. The van der Waals surface area contributed by atoms with Gasteiger partial charge in [0, 0.05) is 17.1 Å². The Morgan fingerprint density at radius 3 is 1.31 bits per heavy atom. The third-order valence-electron chi connectivity index (χ3n) is 9.80. The van der Waals surface area contributed by atoms with Crippen LogP contribution in [0.4, 0.5) is 17.1 Å². The van der Waals surface area contributed by atoms with Gasteiger partial charge in [-0.1, -0.05) is 152 Å². The van der Waals surface area contributed by atoms with Crippen molar-refractivity contribution in [1.29, 1.82) is 0 Å². The third-order valence-corrected chi connectivity index (χ3v) is 9.80. The minimum atomic E-state index is 1.10. The summed E-state index contributed by atoms with van der Waals surface area (Å²) in [5.41, 5.74) is 13.0. The summed E-state index contributed by atoms with van der Waals surface area (Å²) in [6, 6.07) is 76.6. The van der Waals surface area contributed by atoms with Gasteiger partial charge in [0.15, 0.2) is 0 Å². The summed E-state index contributed by atoms with van der Waals surface area (Å²) in [6.07, 6.45) is 0. The monoisotopic (exact) mass is 649 g/mol. The molecule has 0 saturated carbocycles. The molecule has 0 unspecified atom stereocenters. The van der Waals surface area contributed by atoms with Gasteiger partial charge in [-0.15, -0.1) is 0 Å². The van der Waals surface area contributed by atoms with E-state index in [1.807, 2.05) is 0 Å².